The van der Waals surface area contributed by atoms with Crippen molar-refractivity contribution in [3.8, 4) is 5.75 Å². The molecule has 6 heteroatoms. The Morgan fingerprint density at radius 2 is 1.80 bits per heavy atom. The first-order valence-electron chi connectivity index (χ1n) is 5.72. The second kappa shape index (κ2) is 5.56. The average molecular weight is 279 g/mol. The zero-order valence-corrected chi connectivity index (χ0v) is 10.2. The van der Waals surface area contributed by atoms with Crippen molar-refractivity contribution >= 4 is 11.7 Å². The maximum atomic E-state index is 13.7. The third-order valence-corrected chi connectivity index (χ3v) is 2.77. The largest absolute Gasteiger partial charge is 0.508 e. The van der Waals surface area contributed by atoms with Gasteiger partial charge in [-0.1, -0.05) is 18.2 Å². The van der Waals surface area contributed by atoms with E-state index >= 15 is 0 Å². The minimum atomic E-state index is -1.53. The third kappa shape index (κ3) is 2.69. The van der Waals surface area contributed by atoms with E-state index < -0.39 is 23.2 Å². The quantitative estimate of drug-likeness (QED) is 0.804. The molecule has 0 aromatic heterocycles. The molecule has 0 atom stereocenters. The number of aromatic carboxylic acids is 1. The number of rotatable bonds is 4. The number of hydrogen-bond acceptors (Lipinski definition) is 3. The Morgan fingerprint density at radius 1 is 1.10 bits per heavy atom. The first kappa shape index (κ1) is 13.8. The molecule has 104 valence electrons. The standard InChI is InChI=1S/C14H11F2NO3/c15-12-9(14(19)20)5-6-10(13(12)16)17-7-8-3-1-2-4-11(8)18/h1-6,17-18H,7H2,(H,19,20). The summed E-state index contributed by atoms with van der Waals surface area (Å²) in [5, 5.41) is 20.8. The molecule has 3 N–H and O–H groups in total. The van der Waals surface area contributed by atoms with Gasteiger partial charge in [-0.2, -0.15) is 0 Å². The number of carboxylic acid groups (broad SMARTS) is 1. The summed E-state index contributed by atoms with van der Waals surface area (Å²) in [5.74, 6) is -4.18. The highest BCUT2D eigenvalue weighted by Gasteiger charge is 2.17. The van der Waals surface area contributed by atoms with Crippen molar-refractivity contribution in [3.05, 3.63) is 59.2 Å². The Labute approximate surface area is 113 Å². The van der Waals surface area contributed by atoms with Gasteiger partial charge in [0, 0.05) is 12.1 Å². The normalized spacial score (nSPS) is 10.3. The maximum absolute atomic E-state index is 13.7. The van der Waals surface area contributed by atoms with Crippen molar-refractivity contribution in [1.82, 2.24) is 0 Å². The molecule has 2 rings (SSSR count). The van der Waals surface area contributed by atoms with Gasteiger partial charge in [-0.15, -0.1) is 0 Å². The first-order valence-corrected chi connectivity index (χ1v) is 5.72. The van der Waals surface area contributed by atoms with Gasteiger partial charge >= 0.3 is 5.97 Å². The molecule has 0 saturated carbocycles. The Hall–Kier alpha value is -2.63. The number of nitrogens with one attached hydrogen (secondary N) is 1. The number of hydrogen-bond donors (Lipinski definition) is 3. The van der Waals surface area contributed by atoms with Gasteiger partial charge in [0.15, 0.2) is 11.6 Å². The SMILES string of the molecule is O=C(O)c1ccc(NCc2ccccc2O)c(F)c1F. The molecule has 0 unspecified atom stereocenters. The highest BCUT2D eigenvalue weighted by atomic mass is 19.2. The molecule has 0 aliphatic rings. The first-order chi connectivity index (χ1) is 9.50. The fourth-order valence-corrected chi connectivity index (χ4v) is 1.70. The van der Waals surface area contributed by atoms with Crippen molar-refractivity contribution in [3.63, 3.8) is 0 Å². The topological polar surface area (TPSA) is 69.6 Å². The van der Waals surface area contributed by atoms with E-state index in [1.807, 2.05) is 0 Å². The lowest BCUT2D eigenvalue weighted by Gasteiger charge is -2.10. The van der Waals surface area contributed by atoms with Crippen LogP contribution in [-0.4, -0.2) is 16.2 Å². The van der Waals surface area contributed by atoms with Gasteiger partial charge in [0.05, 0.1) is 11.3 Å². The summed E-state index contributed by atoms with van der Waals surface area (Å²) < 4.78 is 27.1. The number of anilines is 1. The third-order valence-electron chi connectivity index (χ3n) is 2.77. The molecule has 0 amide bonds. The zero-order valence-electron chi connectivity index (χ0n) is 10.2. The minimum Gasteiger partial charge on any atom is -0.508 e. The Kier molecular flexibility index (Phi) is 3.84. The molecule has 4 nitrogen and oxygen atoms in total. The molecule has 20 heavy (non-hydrogen) atoms. The summed E-state index contributed by atoms with van der Waals surface area (Å²) in [6.07, 6.45) is 0. The molecule has 0 bridgehead atoms. The van der Waals surface area contributed by atoms with E-state index in [1.165, 1.54) is 6.07 Å². The van der Waals surface area contributed by atoms with Crippen LogP contribution in [0.5, 0.6) is 5.75 Å². The van der Waals surface area contributed by atoms with Crippen LogP contribution in [0.3, 0.4) is 0 Å². The van der Waals surface area contributed by atoms with Crippen LogP contribution in [0, 0.1) is 11.6 Å². The number of aromatic hydroxyl groups is 1. The van der Waals surface area contributed by atoms with Crippen molar-refractivity contribution in [2.75, 3.05) is 5.32 Å². The summed E-state index contributed by atoms with van der Waals surface area (Å²) in [4.78, 5) is 10.6. The fraction of sp³-hybridized carbons (Fsp3) is 0.0714. The second-order valence-corrected chi connectivity index (χ2v) is 4.08. The van der Waals surface area contributed by atoms with Crippen LogP contribution in [0.15, 0.2) is 36.4 Å². The molecule has 0 radical (unpaired) electrons. The van der Waals surface area contributed by atoms with Crippen LogP contribution < -0.4 is 5.32 Å². The Morgan fingerprint density at radius 3 is 2.45 bits per heavy atom. The van der Waals surface area contributed by atoms with Crippen LogP contribution in [0.25, 0.3) is 0 Å². The lowest BCUT2D eigenvalue weighted by Crippen LogP contribution is -2.07. The van der Waals surface area contributed by atoms with Gasteiger partial charge in [-0.3, -0.25) is 0 Å². The second-order valence-electron chi connectivity index (χ2n) is 4.08. The lowest BCUT2D eigenvalue weighted by molar-refractivity contribution is 0.0690. The Bertz CT molecular complexity index is 659. The summed E-state index contributed by atoms with van der Waals surface area (Å²) in [6, 6.07) is 8.56. The molecule has 0 aliphatic carbocycles. The predicted molar refractivity (Wildman–Crippen MR) is 68.8 cm³/mol. The number of phenols is 1. The van der Waals surface area contributed by atoms with Gasteiger partial charge in [0.1, 0.15) is 5.75 Å². The zero-order chi connectivity index (χ0) is 14.7. The van der Waals surface area contributed by atoms with Crippen LogP contribution in [0.1, 0.15) is 15.9 Å². The van der Waals surface area contributed by atoms with Gasteiger partial charge in [-0.25, -0.2) is 13.6 Å². The molecule has 0 fully saturated rings. The van der Waals surface area contributed by atoms with Crippen LogP contribution in [0.4, 0.5) is 14.5 Å². The van der Waals surface area contributed by atoms with Crippen LogP contribution in [-0.2, 0) is 6.54 Å². The van der Waals surface area contributed by atoms with Crippen LogP contribution >= 0.6 is 0 Å². The number of benzene rings is 2. The van der Waals surface area contributed by atoms with Gasteiger partial charge < -0.3 is 15.5 Å². The lowest BCUT2D eigenvalue weighted by atomic mass is 10.1. The van der Waals surface area contributed by atoms with Crippen molar-refractivity contribution in [2.45, 2.75) is 6.54 Å². The van der Waals surface area contributed by atoms with Gasteiger partial charge in [-0.05, 0) is 18.2 Å². The van der Waals surface area contributed by atoms with E-state index in [4.69, 9.17) is 5.11 Å². The fourth-order valence-electron chi connectivity index (χ4n) is 1.70. The van der Waals surface area contributed by atoms with Crippen molar-refractivity contribution in [2.24, 2.45) is 0 Å². The number of halogens is 2. The monoisotopic (exact) mass is 279 g/mol. The minimum absolute atomic E-state index is 0.0306. The van der Waals surface area contributed by atoms with E-state index in [0.29, 0.717) is 5.56 Å². The highest BCUT2D eigenvalue weighted by molar-refractivity contribution is 5.88. The molecule has 0 saturated heterocycles. The van der Waals surface area contributed by atoms with Gasteiger partial charge in [0.25, 0.3) is 0 Å². The smallest absolute Gasteiger partial charge is 0.338 e. The summed E-state index contributed by atoms with van der Waals surface area (Å²) in [5.41, 5.74) is -0.388. The van der Waals surface area contributed by atoms with Gasteiger partial charge in [0.2, 0.25) is 0 Å². The number of phenolic OH excluding ortho intramolecular Hbond substituents is 1. The molecule has 0 spiro atoms. The van der Waals surface area contributed by atoms with E-state index in [9.17, 15) is 18.7 Å². The van der Waals surface area contributed by atoms with Crippen molar-refractivity contribution < 1.29 is 23.8 Å². The predicted octanol–water partition coefficient (Wildman–Crippen LogP) is 2.98. The molecular weight excluding hydrogens is 268 g/mol. The summed E-state index contributed by atoms with van der Waals surface area (Å²) in [6.45, 7) is 0.0788. The van der Waals surface area contributed by atoms with E-state index in [-0.39, 0.29) is 18.0 Å². The number of carboxylic acids is 1. The number of para-hydroxylation sites is 1. The molecular formula is C14H11F2NO3. The average Bonchev–Trinajstić information content (AvgIpc) is 2.41. The summed E-state index contributed by atoms with van der Waals surface area (Å²) in [7, 11) is 0. The molecule has 2 aromatic carbocycles. The van der Waals surface area contributed by atoms with E-state index in [2.05, 4.69) is 5.32 Å². The summed E-state index contributed by atoms with van der Waals surface area (Å²) >= 11 is 0. The van der Waals surface area contributed by atoms with Crippen LogP contribution in [0.2, 0.25) is 0 Å². The maximum Gasteiger partial charge on any atom is 0.338 e. The Balaban J connectivity index is 2.21. The number of carbonyl (C=O) groups is 1. The van der Waals surface area contributed by atoms with E-state index in [0.717, 1.165) is 12.1 Å². The highest BCUT2D eigenvalue weighted by Crippen LogP contribution is 2.23. The van der Waals surface area contributed by atoms with E-state index in [1.54, 1.807) is 18.2 Å². The molecule has 2 aromatic rings. The van der Waals surface area contributed by atoms with Crippen molar-refractivity contribution in [1.29, 1.82) is 0 Å². The molecule has 0 aliphatic heterocycles. The molecule has 0 heterocycles.